The van der Waals surface area contributed by atoms with E-state index >= 15 is 0 Å². The minimum absolute atomic E-state index is 0.0599. The molecule has 0 radical (unpaired) electrons. The standard InChI is InChI=1S/C32H33F3N2O6/c1-5-18-36-43-30(27-13-8-7-12-26(27)28(21-41-6-2)31(38)39-3)29(37-40-4)23-14-16-25(17-15-23)42-20-22-10-9-11-24(19-22)32(33,34)35/h7-19,21,30H,5-6,20H2,1-4H3. The van der Waals surface area contributed by atoms with Crippen LogP contribution in [0.2, 0.25) is 0 Å². The number of benzene rings is 3. The molecule has 0 fully saturated rings. The maximum absolute atomic E-state index is 13.1. The van der Waals surface area contributed by atoms with Gasteiger partial charge in [-0.1, -0.05) is 53.6 Å². The predicted octanol–water partition coefficient (Wildman–Crippen LogP) is 7.34. The van der Waals surface area contributed by atoms with Gasteiger partial charge in [0.05, 0.1) is 25.5 Å². The van der Waals surface area contributed by atoms with Crippen molar-refractivity contribution >= 4 is 23.5 Å². The number of alkyl halides is 3. The van der Waals surface area contributed by atoms with Crippen molar-refractivity contribution in [2.24, 2.45) is 10.3 Å². The minimum Gasteiger partial charge on any atom is -0.501 e. The Kier molecular flexibility index (Phi) is 12.2. The zero-order valence-corrected chi connectivity index (χ0v) is 24.3. The number of nitrogens with zero attached hydrogens (tertiary/aromatic N) is 2. The Morgan fingerprint density at radius 1 is 0.977 bits per heavy atom. The Morgan fingerprint density at radius 2 is 1.72 bits per heavy atom. The fourth-order valence-corrected chi connectivity index (χ4v) is 3.98. The van der Waals surface area contributed by atoms with Crippen molar-refractivity contribution in [1.82, 2.24) is 0 Å². The molecule has 3 aromatic rings. The summed E-state index contributed by atoms with van der Waals surface area (Å²) in [5.41, 5.74) is 1.72. The van der Waals surface area contributed by atoms with Gasteiger partial charge in [-0.25, -0.2) is 4.79 Å². The fourth-order valence-electron chi connectivity index (χ4n) is 3.98. The molecule has 3 aromatic carbocycles. The van der Waals surface area contributed by atoms with Crippen LogP contribution in [0.5, 0.6) is 5.75 Å². The summed E-state index contributed by atoms with van der Waals surface area (Å²) < 4.78 is 55.4. The lowest BCUT2D eigenvalue weighted by Gasteiger charge is -2.21. The third-order valence-electron chi connectivity index (χ3n) is 5.98. The van der Waals surface area contributed by atoms with Crippen LogP contribution in [0.15, 0.2) is 89.4 Å². The first-order valence-corrected chi connectivity index (χ1v) is 13.4. The number of carbonyl (C=O) groups is 1. The Morgan fingerprint density at radius 3 is 2.37 bits per heavy atom. The lowest BCUT2D eigenvalue weighted by atomic mass is 9.92. The zero-order valence-electron chi connectivity index (χ0n) is 24.3. The van der Waals surface area contributed by atoms with E-state index in [-0.39, 0.29) is 12.2 Å². The molecule has 11 heteroatoms. The Labute approximate surface area is 248 Å². The summed E-state index contributed by atoms with van der Waals surface area (Å²) in [5.74, 6) is -0.184. The number of esters is 1. The van der Waals surface area contributed by atoms with E-state index in [1.165, 1.54) is 26.5 Å². The van der Waals surface area contributed by atoms with E-state index in [1.807, 2.05) is 6.92 Å². The van der Waals surface area contributed by atoms with Crippen LogP contribution in [-0.4, -0.2) is 38.7 Å². The van der Waals surface area contributed by atoms with E-state index in [9.17, 15) is 18.0 Å². The fraction of sp³-hybridized carbons (Fsp3) is 0.281. The first-order valence-electron chi connectivity index (χ1n) is 13.4. The molecule has 0 N–H and O–H groups in total. The van der Waals surface area contributed by atoms with E-state index in [2.05, 4.69) is 10.3 Å². The summed E-state index contributed by atoms with van der Waals surface area (Å²) in [6.07, 6.45) is -1.85. The topological polar surface area (TPSA) is 87.9 Å². The second kappa shape index (κ2) is 16.0. The molecule has 228 valence electrons. The van der Waals surface area contributed by atoms with Crippen LogP contribution < -0.4 is 4.74 Å². The number of hydrogen-bond donors (Lipinski definition) is 0. The zero-order chi connectivity index (χ0) is 31.2. The van der Waals surface area contributed by atoms with Gasteiger partial charge in [-0.05, 0) is 60.9 Å². The maximum atomic E-state index is 13.1. The van der Waals surface area contributed by atoms with Crippen LogP contribution in [0.4, 0.5) is 13.2 Å². The van der Waals surface area contributed by atoms with Gasteiger partial charge < -0.3 is 23.9 Å². The van der Waals surface area contributed by atoms with Gasteiger partial charge >= 0.3 is 12.1 Å². The molecule has 0 saturated carbocycles. The van der Waals surface area contributed by atoms with Gasteiger partial charge in [0, 0.05) is 17.3 Å². The molecule has 0 spiro atoms. The quantitative estimate of drug-likeness (QED) is 0.0635. The first kappa shape index (κ1) is 32.7. The number of rotatable bonds is 14. The van der Waals surface area contributed by atoms with E-state index < -0.39 is 23.8 Å². The van der Waals surface area contributed by atoms with Gasteiger partial charge in [0.2, 0.25) is 0 Å². The molecular formula is C32H33F3N2O6. The van der Waals surface area contributed by atoms with E-state index in [4.69, 9.17) is 23.9 Å². The van der Waals surface area contributed by atoms with Gasteiger partial charge in [0.15, 0.2) is 6.10 Å². The average molecular weight is 599 g/mol. The summed E-state index contributed by atoms with van der Waals surface area (Å²) in [5, 5.41) is 8.33. The predicted molar refractivity (Wildman–Crippen MR) is 156 cm³/mol. The molecule has 0 aliphatic rings. The molecule has 43 heavy (non-hydrogen) atoms. The molecule has 0 saturated heterocycles. The van der Waals surface area contributed by atoms with Crippen molar-refractivity contribution in [3.8, 4) is 5.75 Å². The number of methoxy groups -OCH3 is 1. The SMILES string of the molecule is CCC=NOC(C(=NOC)c1ccc(OCc2cccc(C(F)(F)F)c2)cc1)c1ccccc1C(=COCC)C(=O)OC. The van der Waals surface area contributed by atoms with E-state index in [1.54, 1.807) is 67.7 Å². The van der Waals surface area contributed by atoms with Crippen LogP contribution in [0.25, 0.3) is 5.57 Å². The normalized spacial score (nSPS) is 13.0. The summed E-state index contributed by atoms with van der Waals surface area (Å²) in [6, 6.07) is 18.7. The number of oxime groups is 2. The van der Waals surface area contributed by atoms with Gasteiger partial charge in [-0.15, -0.1) is 0 Å². The van der Waals surface area contributed by atoms with Gasteiger partial charge in [0.1, 0.15) is 30.8 Å². The van der Waals surface area contributed by atoms with Gasteiger partial charge in [-0.2, -0.15) is 13.2 Å². The molecule has 1 unspecified atom stereocenters. The summed E-state index contributed by atoms with van der Waals surface area (Å²) in [7, 11) is 2.67. The second-order valence-electron chi connectivity index (χ2n) is 8.92. The summed E-state index contributed by atoms with van der Waals surface area (Å²) >= 11 is 0. The van der Waals surface area contributed by atoms with Crippen LogP contribution in [0.1, 0.15) is 54.2 Å². The highest BCUT2D eigenvalue weighted by Gasteiger charge is 2.31. The summed E-state index contributed by atoms with van der Waals surface area (Å²) in [4.78, 5) is 23.8. The highest BCUT2D eigenvalue weighted by molar-refractivity contribution is 6.17. The Bertz CT molecular complexity index is 1440. The molecule has 0 aliphatic carbocycles. The molecule has 1 atom stereocenters. The Hall–Kier alpha value is -4.80. The molecule has 0 amide bonds. The van der Waals surface area contributed by atoms with Crippen molar-refractivity contribution in [1.29, 1.82) is 0 Å². The van der Waals surface area contributed by atoms with Gasteiger partial charge in [0.25, 0.3) is 0 Å². The van der Waals surface area contributed by atoms with Crippen LogP contribution in [0, 0.1) is 0 Å². The molecule has 8 nitrogen and oxygen atoms in total. The second-order valence-corrected chi connectivity index (χ2v) is 8.92. The van der Waals surface area contributed by atoms with Crippen molar-refractivity contribution < 1.29 is 41.9 Å². The molecule has 0 aromatic heterocycles. The van der Waals surface area contributed by atoms with Crippen LogP contribution >= 0.6 is 0 Å². The molecular weight excluding hydrogens is 565 g/mol. The monoisotopic (exact) mass is 598 g/mol. The van der Waals surface area contributed by atoms with E-state index in [0.29, 0.717) is 46.7 Å². The molecule has 0 aliphatic heterocycles. The smallest absolute Gasteiger partial charge is 0.416 e. The van der Waals surface area contributed by atoms with Gasteiger partial charge in [-0.3, -0.25) is 0 Å². The molecule has 3 rings (SSSR count). The highest BCUT2D eigenvalue weighted by Crippen LogP contribution is 2.33. The van der Waals surface area contributed by atoms with Crippen molar-refractivity contribution in [3.63, 3.8) is 0 Å². The largest absolute Gasteiger partial charge is 0.501 e. The Balaban J connectivity index is 1.97. The third-order valence-corrected chi connectivity index (χ3v) is 5.98. The maximum Gasteiger partial charge on any atom is 0.416 e. The number of carbonyl (C=O) groups excluding carboxylic acids is 1. The first-order chi connectivity index (χ1) is 20.7. The molecule has 0 heterocycles. The third kappa shape index (κ3) is 9.09. The minimum atomic E-state index is -4.44. The number of hydrogen-bond acceptors (Lipinski definition) is 8. The lowest BCUT2D eigenvalue weighted by Crippen LogP contribution is -2.19. The van der Waals surface area contributed by atoms with Crippen LogP contribution in [0.3, 0.4) is 0 Å². The lowest BCUT2D eigenvalue weighted by molar-refractivity contribution is -0.137. The van der Waals surface area contributed by atoms with Crippen molar-refractivity contribution in [2.75, 3.05) is 20.8 Å². The summed E-state index contributed by atoms with van der Waals surface area (Å²) in [6.45, 7) is 3.97. The highest BCUT2D eigenvalue weighted by atomic mass is 19.4. The number of ether oxygens (including phenoxy) is 3. The van der Waals surface area contributed by atoms with Crippen LogP contribution in [-0.2, 0) is 36.7 Å². The van der Waals surface area contributed by atoms with Crippen molar-refractivity contribution in [3.05, 3.63) is 107 Å². The van der Waals surface area contributed by atoms with E-state index in [0.717, 1.165) is 12.1 Å². The number of halogens is 3. The average Bonchev–Trinajstić information content (AvgIpc) is 3.02. The molecule has 0 bridgehead atoms. The van der Waals surface area contributed by atoms with Crippen molar-refractivity contribution in [2.45, 2.75) is 39.2 Å².